The lowest BCUT2D eigenvalue weighted by Crippen LogP contribution is -2.47. The van der Waals surface area contributed by atoms with Gasteiger partial charge in [-0.3, -0.25) is 9.59 Å². The molecular formula is C50H68N8O4. The number of amides is 2. The third-order valence-corrected chi connectivity index (χ3v) is 15.2. The molecule has 8 N–H and O–H groups in total. The number of hydrogen-bond acceptors (Lipinski definition) is 10. The maximum Gasteiger partial charge on any atom is 0.224 e. The Balaban J connectivity index is 0.000000158. The molecule has 0 radical (unpaired) electrons. The van der Waals surface area contributed by atoms with Gasteiger partial charge in [-0.2, -0.15) is 0 Å². The zero-order chi connectivity index (χ0) is 42.5. The molecule has 2 amide bonds. The molecule has 8 bridgehead atoms. The van der Waals surface area contributed by atoms with Crippen molar-refractivity contribution in [1.82, 2.24) is 20.6 Å². The molecule has 2 aromatic carbocycles. The molecule has 8 fully saturated rings. The van der Waals surface area contributed by atoms with Crippen LogP contribution < -0.4 is 31.9 Å². The number of benzene rings is 2. The van der Waals surface area contributed by atoms with E-state index in [-0.39, 0.29) is 35.9 Å². The Morgan fingerprint density at radius 1 is 0.500 bits per heavy atom. The van der Waals surface area contributed by atoms with E-state index in [1.54, 1.807) is 0 Å². The Hall–Kier alpha value is -4.36. The van der Waals surface area contributed by atoms with E-state index < -0.39 is 0 Å². The second kappa shape index (κ2) is 19.2. The van der Waals surface area contributed by atoms with Crippen molar-refractivity contribution in [2.75, 3.05) is 73.7 Å². The first-order valence-corrected chi connectivity index (χ1v) is 23.7. The number of carbonyl (C=O) groups excluding carboxylic acids is 2. The van der Waals surface area contributed by atoms with Gasteiger partial charge in [-0.05, 0) is 172 Å². The van der Waals surface area contributed by atoms with E-state index in [2.05, 4.69) is 31.9 Å². The van der Waals surface area contributed by atoms with Gasteiger partial charge in [0.15, 0.2) is 0 Å². The summed E-state index contributed by atoms with van der Waals surface area (Å²) in [5.74, 6) is 7.15. The molecule has 8 saturated carbocycles. The summed E-state index contributed by atoms with van der Waals surface area (Å²) in [6, 6.07) is 19.8. The van der Waals surface area contributed by atoms with Crippen LogP contribution in [0.2, 0.25) is 0 Å². The number of aliphatic hydroxyl groups excluding tert-OH is 2. The van der Waals surface area contributed by atoms with Crippen molar-refractivity contribution in [1.29, 1.82) is 0 Å². The van der Waals surface area contributed by atoms with E-state index in [0.29, 0.717) is 25.9 Å². The fraction of sp³-hybridized carbons (Fsp3) is 0.600. The highest BCUT2D eigenvalue weighted by Crippen LogP contribution is 2.62. The Morgan fingerprint density at radius 3 is 1.23 bits per heavy atom. The lowest BCUT2D eigenvalue weighted by molar-refractivity contribution is -0.125. The largest absolute Gasteiger partial charge is 0.395 e. The summed E-state index contributed by atoms with van der Waals surface area (Å²) >= 11 is 0. The molecule has 12 nitrogen and oxygen atoms in total. The number of fused-ring (bicyclic) bond motifs is 2. The van der Waals surface area contributed by atoms with Crippen molar-refractivity contribution in [3.63, 3.8) is 0 Å². The van der Waals surface area contributed by atoms with Crippen LogP contribution in [0.5, 0.6) is 0 Å². The highest BCUT2D eigenvalue weighted by Gasteiger charge is 2.52. The summed E-state index contributed by atoms with van der Waals surface area (Å²) in [5.41, 5.74) is 3.97. The minimum Gasteiger partial charge on any atom is -0.395 e. The van der Waals surface area contributed by atoms with E-state index in [1.807, 2.05) is 60.7 Å². The smallest absolute Gasteiger partial charge is 0.224 e. The van der Waals surface area contributed by atoms with E-state index in [1.165, 1.54) is 77.0 Å². The van der Waals surface area contributed by atoms with Crippen molar-refractivity contribution in [3.8, 4) is 0 Å². The molecule has 332 valence electrons. The van der Waals surface area contributed by atoms with Gasteiger partial charge in [-0.25, -0.2) is 9.97 Å². The number of aliphatic hydroxyl groups is 2. The average molecular weight is 845 g/mol. The van der Waals surface area contributed by atoms with Crippen LogP contribution >= 0.6 is 0 Å². The highest BCUT2D eigenvalue weighted by atomic mass is 16.3. The highest BCUT2D eigenvalue weighted by molar-refractivity contribution is 6.02. The van der Waals surface area contributed by atoms with Crippen LogP contribution in [0, 0.1) is 46.3 Å². The van der Waals surface area contributed by atoms with Gasteiger partial charge in [0, 0.05) is 62.9 Å². The van der Waals surface area contributed by atoms with E-state index in [0.717, 1.165) is 107 Å². The molecular weight excluding hydrogens is 777 g/mol. The fourth-order valence-electron chi connectivity index (χ4n) is 13.8. The second-order valence-corrected chi connectivity index (χ2v) is 20.2. The van der Waals surface area contributed by atoms with Crippen LogP contribution in [0.3, 0.4) is 0 Å². The molecule has 2 heterocycles. The second-order valence-electron chi connectivity index (χ2n) is 20.2. The number of carbonyl (C=O) groups is 2. The number of aromatic nitrogens is 2. The van der Waals surface area contributed by atoms with Gasteiger partial charge < -0.3 is 42.1 Å². The Labute approximate surface area is 366 Å². The lowest BCUT2D eigenvalue weighted by Gasteiger charge is -2.56. The first-order valence-electron chi connectivity index (χ1n) is 23.7. The Morgan fingerprint density at radius 2 is 0.871 bits per heavy atom. The number of hydrogen-bond donors (Lipinski definition) is 8. The molecule has 0 saturated heterocycles. The normalized spacial score (nSPS) is 28.7. The first kappa shape index (κ1) is 42.9. The predicted octanol–water partition coefficient (Wildman–Crippen LogP) is 7.55. The van der Waals surface area contributed by atoms with Gasteiger partial charge in [-0.15, -0.1) is 0 Å². The molecule has 0 unspecified atom stereocenters. The fourth-order valence-corrected chi connectivity index (χ4v) is 13.8. The molecule has 0 aliphatic heterocycles. The maximum absolute atomic E-state index is 13.1. The van der Waals surface area contributed by atoms with Crippen LogP contribution in [0.4, 0.5) is 23.0 Å². The summed E-state index contributed by atoms with van der Waals surface area (Å²) in [7, 11) is 0. The van der Waals surface area contributed by atoms with Crippen LogP contribution in [-0.2, 0) is 9.59 Å². The number of nitrogens with one attached hydrogen (secondary N) is 6. The summed E-state index contributed by atoms with van der Waals surface area (Å²) in [5, 5.41) is 38.9. The van der Waals surface area contributed by atoms with Crippen molar-refractivity contribution >= 4 is 56.6 Å². The van der Waals surface area contributed by atoms with E-state index in [9.17, 15) is 9.59 Å². The van der Waals surface area contributed by atoms with Gasteiger partial charge in [0.2, 0.25) is 11.8 Å². The third kappa shape index (κ3) is 10.2. The summed E-state index contributed by atoms with van der Waals surface area (Å²) < 4.78 is 0. The molecule has 62 heavy (non-hydrogen) atoms. The molecule has 12 rings (SSSR count). The summed E-state index contributed by atoms with van der Waals surface area (Å²) in [6.07, 6.45) is 17.3. The average Bonchev–Trinajstić information content (AvgIpc) is 3.22. The summed E-state index contributed by atoms with van der Waals surface area (Å²) in [4.78, 5) is 35.5. The Kier molecular flexibility index (Phi) is 13.3. The first-order chi connectivity index (χ1) is 30.2. The molecule has 8 aliphatic carbocycles. The van der Waals surface area contributed by atoms with Crippen molar-refractivity contribution < 1.29 is 19.8 Å². The van der Waals surface area contributed by atoms with E-state index in [4.69, 9.17) is 20.2 Å². The van der Waals surface area contributed by atoms with Crippen LogP contribution in [-0.4, -0.2) is 84.5 Å². The van der Waals surface area contributed by atoms with Crippen LogP contribution in [0.25, 0.3) is 21.8 Å². The predicted molar refractivity (Wildman–Crippen MR) is 248 cm³/mol. The number of nitrogens with zero attached hydrogens (tertiary/aromatic N) is 2. The van der Waals surface area contributed by atoms with Crippen molar-refractivity contribution in [2.24, 2.45) is 46.3 Å². The molecule has 2 aromatic heterocycles. The molecule has 12 heteroatoms. The van der Waals surface area contributed by atoms with Gasteiger partial charge in [0.25, 0.3) is 0 Å². The number of anilines is 4. The standard InChI is InChI=1S/2C25H34N4O2/c2*30-9-8-26-6-7-27-23-5-4-20-21(28-23)2-1-3-22(20)29-24(31)16-25-13-17-10-18(14-25)12-19(11-17)15-25/h2*1-5,17-19,26,30H,6-16H2,(H,27,28)(H,29,31). The maximum atomic E-state index is 13.1. The lowest BCUT2D eigenvalue weighted by atomic mass is 9.49. The third-order valence-electron chi connectivity index (χ3n) is 15.2. The monoisotopic (exact) mass is 845 g/mol. The molecule has 4 aromatic rings. The minimum absolute atomic E-state index is 0.144. The number of rotatable bonds is 18. The van der Waals surface area contributed by atoms with Crippen LogP contribution in [0.1, 0.15) is 89.9 Å². The van der Waals surface area contributed by atoms with Crippen molar-refractivity contribution in [2.45, 2.75) is 89.9 Å². The zero-order valence-electron chi connectivity index (χ0n) is 36.4. The molecule has 0 atom stereocenters. The van der Waals surface area contributed by atoms with Crippen molar-refractivity contribution in [3.05, 3.63) is 60.7 Å². The van der Waals surface area contributed by atoms with Gasteiger partial charge in [0.05, 0.1) is 35.6 Å². The zero-order valence-corrected chi connectivity index (χ0v) is 36.4. The molecule has 0 spiro atoms. The Bertz CT molecular complexity index is 1970. The molecule has 8 aliphatic rings. The van der Waals surface area contributed by atoms with Gasteiger partial charge >= 0.3 is 0 Å². The topological polar surface area (TPSA) is 173 Å². The minimum atomic E-state index is 0.144. The number of pyridine rings is 2. The SMILES string of the molecule is O=C(CC12CC3CC(CC(C3)C1)C2)Nc1cccc2nc(NCCNCCO)ccc12.O=C(CC12CC3CC(CC(C3)C1)C2)Nc1cccc2nc(NCCNCCO)ccc12. The quantitative estimate of drug-likeness (QED) is 0.0468. The van der Waals surface area contributed by atoms with E-state index >= 15 is 0 Å². The van der Waals surface area contributed by atoms with Crippen LogP contribution in [0.15, 0.2) is 60.7 Å². The summed E-state index contributed by atoms with van der Waals surface area (Å²) in [6.45, 7) is 4.48. The van der Waals surface area contributed by atoms with Gasteiger partial charge in [-0.1, -0.05) is 12.1 Å². The van der Waals surface area contributed by atoms with Gasteiger partial charge in [0.1, 0.15) is 11.6 Å².